The van der Waals surface area contributed by atoms with Gasteiger partial charge in [0.15, 0.2) is 0 Å². The molecule has 0 amide bonds. The van der Waals surface area contributed by atoms with Crippen molar-refractivity contribution in [2.45, 2.75) is 0 Å². The van der Waals surface area contributed by atoms with Crippen molar-refractivity contribution in [3.05, 3.63) is 217 Å². The van der Waals surface area contributed by atoms with Crippen LogP contribution in [0.1, 0.15) is 0 Å². The van der Waals surface area contributed by atoms with Crippen LogP contribution in [0.2, 0.25) is 0 Å². The second-order valence-electron chi connectivity index (χ2n) is 16.0. The van der Waals surface area contributed by atoms with Gasteiger partial charge in [0.1, 0.15) is 0 Å². The molecular weight excluding hydrogens is 825 g/mol. The summed E-state index contributed by atoms with van der Waals surface area (Å²) in [5.74, 6) is 9.31. The molecule has 10 aromatic rings. The van der Waals surface area contributed by atoms with E-state index in [1.807, 2.05) is 0 Å². The second-order valence-corrected chi connectivity index (χ2v) is 24.0. The van der Waals surface area contributed by atoms with Gasteiger partial charge in [0, 0.05) is 55.3 Å². The smallest absolute Gasteiger partial charge is 0.0462 e. The zero-order valence-corrected chi connectivity index (χ0v) is 39.0. The number of aryl methyl sites for hydroxylation is 4. The number of anilines is 6. The van der Waals surface area contributed by atoms with Crippen molar-refractivity contribution < 1.29 is 0 Å². The van der Waals surface area contributed by atoms with Gasteiger partial charge >= 0.3 is 0 Å². The highest BCUT2D eigenvalue weighted by Crippen LogP contribution is 2.46. The summed E-state index contributed by atoms with van der Waals surface area (Å²) >= 11 is 0. The molecule has 0 spiro atoms. The maximum atomic E-state index is 2.38. The van der Waals surface area contributed by atoms with E-state index in [1.165, 1.54) is 54.6 Å². The third-order valence-electron chi connectivity index (χ3n) is 12.0. The third kappa shape index (κ3) is 7.98. The quantitative estimate of drug-likeness (QED) is 0.128. The Hall–Kier alpha value is -5.96. The molecule has 0 saturated heterocycles. The van der Waals surface area contributed by atoms with Crippen molar-refractivity contribution in [2.75, 3.05) is 9.80 Å². The van der Waals surface area contributed by atoms with E-state index in [0.717, 1.165) is 34.1 Å². The summed E-state index contributed by atoms with van der Waals surface area (Å²) in [7, 11) is -0.981. The van der Waals surface area contributed by atoms with Crippen molar-refractivity contribution >= 4 is 64.3 Å². The maximum absolute atomic E-state index is 2.38. The fraction of sp³-hybridized carbons (Fsp3) is 0.0714. The van der Waals surface area contributed by atoms with Crippen LogP contribution in [0.4, 0.5) is 34.1 Å². The van der Waals surface area contributed by atoms with Crippen LogP contribution in [0, 0.1) is 0 Å². The fourth-order valence-corrected chi connectivity index (χ4v) is 14.2. The first kappa shape index (κ1) is 40.1. The van der Waals surface area contributed by atoms with E-state index < -0.39 is 0 Å². The Morgan fingerprint density at radius 2 is 0.403 bits per heavy atom. The minimum absolute atomic E-state index is 0.245. The molecule has 6 heteroatoms. The molecule has 6 aromatic carbocycles. The highest BCUT2D eigenvalue weighted by Gasteiger charge is 2.17. The normalized spacial score (nSPS) is 12.4. The Bertz CT molecular complexity index is 2690. The molecule has 0 fully saturated rings. The number of hydrogen-bond donors (Lipinski definition) is 0. The van der Waals surface area contributed by atoms with Crippen LogP contribution < -0.4 is 9.80 Å². The molecule has 0 aliphatic carbocycles. The monoisotopic (exact) mass is 872 g/mol. The molecule has 0 bridgehead atoms. The molecule has 10 rings (SSSR count). The van der Waals surface area contributed by atoms with Crippen molar-refractivity contribution in [1.29, 1.82) is 0 Å². The number of benzene rings is 6. The van der Waals surface area contributed by atoms with Crippen LogP contribution in [0.15, 0.2) is 217 Å². The van der Waals surface area contributed by atoms with Crippen molar-refractivity contribution in [3.63, 3.8) is 0 Å². The first-order valence-electron chi connectivity index (χ1n) is 21.1. The summed E-state index contributed by atoms with van der Waals surface area (Å²) in [4.78, 5) is 4.76. The molecular formula is C56H48N2P4. The van der Waals surface area contributed by atoms with Gasteiger partial charge in [0.2, 0.25) is 0 Å². The van der Waals surface area contributed by atoms with Crippen LogP contribution >= 0.6 is 30.1 Å². The van der Waals surface area contributed by atoms with Crippen LogP contribution in [0.25, 0.3) is 54.6 Å². The van der Waals surface area contributed by atoms with E-state index in [4.69, 9.17) is 0 Å². The lowest BCUT2D eigenvalue weighted by molar-refractivity contribution is 1.28. The van der Waals surface area contributed by atoms with Gasteiger partial charge < -0.3 is 9.80 Å². The van der Waals surface area contributed by atoms with Gasteiger partial charge in [0.05, 0.1) is 0 Å². The Kier molecular flexibility index (Phi) is 11.3. The molecule has 62 heavy (non-hydrogen) atoms. The molecule has 4 unspecified atom stereocenters. The Morgan fingerprint density at radius 3 is 0.565 bits per heavy atom. The van der Waals surface area contributed by atoms with Crippen LogP contribution in [-0.2, 0) is 26.7 Å². The summed E-state index contributed by atoms with van der Waals surface area (Å²) in [6.45, 7) is 9.31. The maximum Gasteiger partial charge on any atom is 0.0462 e. The van der Waals surface area contributed by atoms with Crippen LogP contribution in [0.5, 0.6) is 0 Å². The van der Waals surface area contributed by atoms with Gasteiger partial charge in [-0.2, -0.15) is 0 Å². The molecule has 4 atom stereocenters. The standard InChI is InChI=1S/C56H48N2P4/c1-59-37-5-9-53(59)43-17-29-49(30-18-43)57(50-31-19-44(20-32-50)54-10-6-38-60(54)2)47-25-13-41(14-26-47)42-15-27-48(28-16-42)58(51-33-21-45(22-34-51)55-11-7-39-61(55)3)52-35-23-46(24-36-52)56-12-8-40-62(56)4/h5-40H,1-4H3. The molecule has 0 N–H and O–H groups in total. The number of rotatable bonds is 11. The molecule has 0 aliphatic heterocycles. The summed E-state index contributed by atoms with van der Waals surface area (Å²) in [6.07, 6.45) is 0. The molecule has 4 aromatic heterocycles. The molecule has 0 radical (unpaired) electrons. The van der Waals surface area contributed by atoms with Gasteiger partial charge in [-0.15, -0.1) is 30.1 Å². The minimum Gasteiger partial charge on any atom is -0.311 e. The zero-order valence-electron chi connectivity index (χ0n) is 35.5. The molecule has 0 aliphatic rings. The molecule has 4 heterocycles. The Labute approximate surface area is 370 Å². The highest BCUT2D eigenvalue weighted by molar-refractivity contribution is 7.51. The first-order valence-corrected chi connectivity index (χ1v) is 28.5. The molecule has 2 nitrogen and oxygen atoms in total. The van der Waals surface area contributed by atoms with E-state index in [1.54, 1.807) is 0 Å². The average molecular weight is 873 g/mol. The van der Waals surface area contributed by atoms with E-state index in [0.29, 0.717) is 0 Å². The number of hydrogen-bond acceptors (Lipinski definition) is 2. The predicted molar refractivity (Wildman–Crippen MR) is 278 cm³/mol. The highest BCUT2D eigenvalue weighted by atomic mass is 31.1. The van der Waals surface area contributed by atoms with Crippen LogP contribution in [0.3, 0.4) is 0 Å². The van der Waals surface area contributed by atoms with Crippen molar-refractivity contribution in [2.24, 2.45) is 26.7 Å². The summed E-state index contributed by atoms with van der Waals surface area (Å²) in [5.41, 5.74) is 14.4. The predicted octanol–water partition coefficient (Wildman–Crippen LogP) is 19.1. The van der Waals surface area contributed by atoms with Gasteiger partial charge in [-0.3, -0.25) is 0 Å². The fourth-order valence-electron chi connectivity index (χ4n) is 8.67. The van der Waals surface area contributed by atoms with Crippen molar-refractivity contribution in [1.82, 2.24) is 0 Å². The van der Waals surface area contributed by atoms with Gasteiger partial charge in [-0.05, 0) is 156 Å². The largest absolute Gasteiger partial charge is 0.311 e. The summed E-state index contributed by atoms with van der Waals surface area (Å²) in [5, 5.41) is 5.73. The van der Waals surface area contributed by atoms with Gasteiger partial charge in [0.25, 0.3) is 0 Å². The second kappa shape index (κ2) is 17.4. The van der Waals surface area contributed by atoms with Gasteiger partial charge in [-0.1, -0.05) is 121 Å². The first-order chi connectivity index (χ1) is 30.4. The van der Waals surface area contributed by atoms with E-state index in [9.17, 15) is 0 Å². The van der Waals surface area contributed by atoms with Gasteiger partial charge in [-0.25, -0.2) is 0 Å². The topological polar surface area (TPSA) is 6.48 Å². The van der Waals surface area contributed by atoms with Crippen molar-refractivity contribution in [3.8, 4) is 54.6 Å². The zero-order chi connectivity index (χ0) is 42.2. The Balaban J connectivity index is 0.965. The summed E-state index contributed by atoms with van der Waals surface area (Å²) < 4.78 is 0. The Morgan fingerprint density at radius 1 is 0.226 bits per heavy atom. The SMILES string of the molecule is Cp1cccc1-c1ccc(N(c2ccc(-c3ccc(N(c4ccc(-c5cccp5C)cc4)c4ccc(-c5cccp5C)cc4)cc3)cc2)c2ccc(-c3cccp3C)cc2)cc1. The molecule has 302 valence electrons. The average Bonchev–Trinajstić information content (AvgIpc) is 4.15. The minimum atomic E-state index is -0.245. The number of nitrogens with zero attached hydrogens (tertiary/aromatic N) is 2. The van der Waals surface area contributed by atoms with Crippen LogP contribution in [-0.4, -0.2) is 0 Å². The lowest BCUT2D eigenvalue weighted by Crippen LogP contribution is -2.10. The summed E-state index contributed by atoms with van der Waals surface area (Å²) in [6, 6.07) is 72.4. The van der Waals surface area contributed by atoms with E-state index in [2.05, 4.69) is 254 Å². The molecule has 0 saturated carbocycles. The van der Waals surface area contributed by atoms with E-state index >= 15 is 0 Å². The third-order valence-corrected chi connectivity index (χ3v) is 19.2. The lowest BCUT2D eigenvalue weighted by Gasteiger charge is -2.27. The van der Waals surface area contributed by atoms with E-state index in [-0.39, 0.29) is 30.1 Å². The lowest BCUT2D eigenvalue weighted by atomic mass is 10.0.